The predicted molar refractivity (Wildman–Crippen MR) is 136 cm³/mol. The molecule has 2 aromatic rings. The lowest BCUT2D eigenvalue weighted by Crippen LogP contribution is -2.49. The molecular formula is C25H38Cl2N2O3. The number of hydrogen-bond donors (Lipinski definition) is 2. The summed E-state index contributed by atoms with van der Waals surface area (Å²) in [5, 5.41) is 19.2. The Labute approximate surface area is 205 Å². The highest BCUT2D eigenvalue weighted by atomic mass is 35.5. The largest absolute Gasteiger partial charge is 0.481 e. The summed E-state index contributed by atoms with van der Waals surface area (Å²) in [6.07, 6.45) is 1.11. The zero-order valence-electron chi connectivity index (χ0n) is 19.3. The van der Waals surface area contributed by atoms with Crippen LogP contribution in [0.5, 0.6) is 0 Å². The first-order valence-corrected chi connectivity index (χ1v) is 10.8. The highest BCUT2D eigenvalue weighted by Crippen LogP contribution is 2.32. The SMILES string of the molecule is CCC(=O)O.CN1CCN(CC(Cc2ccccc2)C(C)(O)c2ccccc2)CC1.Cl.Cl. The highest BCUT2D eigenvalue weighted by molar-refractivity contribution is 5.85. The molecule has 32 heavy (non-hydrogen) atoms. The molecule has 0 bridgehead atoms. The number of nitrogens with zero attached hydrogens (tertiary/aromatic N) is 2. The van der Waals surface area contributed by atoms with Crippen molar-refractivity contribution < 1.29 is 15.0 Å². The molecule has 5 nitrogen and oxygen atoms in total. The minimum Gasteiger partial charge on any atom is -0.481 e. The average molecular weight is 485 g/mol. The topological polar surface area (TPSA) is 64.0 Å². The van der Waals surface area contributed by atoms with Crippen LogP contribution in [0, 0.1) is 5.92 Å². The van der Waals surface area contributed by atoms with E-state index in [1.165, 1.54) is 5.56 Å². The Morgan fingerprint density at radius 1 is 0.969 bits per heavy atom. The van der Waals surface area contributed by atoms with Crippen LogP contribution in [-0.2, 0) is 16.8 Å². The number of aliphatic hydroxyl groups is 1. The molecule has 0 radical (unpaired) electrons. The number of carbonyl (C=O) groups is 1. The Kier molecular flexibility index (Phi) is 14.5. The second-order valence-corrected chi connectivity index (χ2v) is 8.25. The summed E-state index contributed by atoms with van der Waals surface area (Å²) >= 11 is 0. The quantitative estimate of drug-likeness (QED) is 0.612. The number of carboxylic acid groups (broad SMARTS) is 1. The van der Waals surface area contributed by atoms with Crippen LogP contribution in [-0.4, -0.2) is 65.8 Å². The van der Waals surface area contributed by atoms with Crippen LogP contribution in [0.1, 0.15) is 31.4 Å². The van der Waals surface area contributed by atoms with Crippen LogP contribution in [0.3, 0.4) is 0 Å². The molecule has 7 heteroatoms. The van der Waals surface area contributed by atoms with Gasteiger partial charge in [-0.15, -0.1) is 24.8 Å². The molecule has 0 amide bonds. The van der Waals surface area contributed by atoms with Gasteiger partial charge in [0.05, 0.1) is 5.60 Å². The van der Waals surface area contributed by atoms with Gasteiger partial charge in [-0.1, -0.05) is 67.6 Å². The Morgan fingerprint density at radius 2 is 1.44 bits per heavy atom. The van der Waals surface area contributed by atoms with Gasteiger partial charge in [-0.2, -0.15) is 0 Å². The number of hydrogen-bond acceptors (Lipinski definition) is 4. The van der Waals surface area contributed by atoms with Gasteiger partial charge in [0.15, 0.2) is 0 Å². The zero-order chi connectivity index (χ0) is 22.0. The van der Waals surface area contributed by atoms with Crippen molar-refractivity contribution in [2.45, 2.75) is 32.3 Å². The van der Waals surface area contributed by atoms with Gasteiger partial charge in [-0.3, -0.25) is 4.79 Å². The van der Waals surface area contributed by atoms with Crippen LogP contribution < -0.4 is 0 Å². The van der Waals surface area contributed by atoms with Crippen molar-refractivity contribution in [2.24, 2.45) is 5.92 Å². The van der Waals surface area contributed by atoms with Crippen molar-refractivity contribution in [3.8, 4) is 0 Å². The fraction of sp³-hybridized carbons (Fsp3) is 0.480. The van der Waals surface area contributed by atoms with Gasteiger partial charge in [0.25, 0.3) is 0 Å². The van der Waals surface area contributed by atoms with Gasteiger partial charge >= 0.3 is 5.97 Å². The third-order valence-corrected chi connectivity index (χ3v) is 5.86. The summed E-state index contributed by atoms with van der Waals surface area (Å²) in [6.45, 7) is 8.86. The summed E-state index contributed by atoms with van der Waals surface area (Å²) in [5.41, 5.74) is 1.45. The fourth-order valence-corrected chi connectivity index (χ4v) is 3.69. The Balaban J connectivity index is 0.00000124. The first-order chi connectivity index (χ1) is 14.3. The summed E-state index contributed by atoms with van der Waals surface area (Å²) in [5.74, 6) is -0.592. The van der Waals surface area contributed by atoms with Gasteiger partial charge in [-0.05, 0) is 31.5 Å². The van der Waals surface area contributed by atoms with Crippen molar-refractivity contribution in [3.05, 3.63) is 71.8 Å². The lowest BCUT2D eigenvalue weighted by atomic mass is 9.79. The fourth-order valence-electron chi connectivity index (χ4n) is 3.69. The molecule has 1 fully saturated rings. The Hall–Kier alpha value is -1.63. The predicted octanol–water partition coefficient (Wildman–Crippen LogP) is 4.33. The van der Waals surface area contributed by atoms with E-state index in [1.807, 2.05) is 43.3 Å². The molecule has 1 heterocycles. The van der Waals surface area contributed by atoms with Gasteiger partial charge < -0.3 is 20.0 Å². The van der Waals surface area contributed by atoms with Crippen LogP contribution in [0.25, 0.3) is 0 Å². The van der Waals surface area contributed by atoms with Crippen LogP contribution in [0.15, 0.2) is 60.7 Å². The van der Waals surface area contributed by atoms with Crippen molar-refractivity contribution in [2.75, 3.05) is 39.8 Å². The standard InChI is InChI=1S/C22H30N2O.C3H6O2.2ClH/c1-22(25,20-11-7-4-8-12-20)21(17-19-9-5-3-6-10-19)18-24-15-13-23(2)14-16-24;1-2-3(4)5;;/h3-12,21,25H,13-18H2,1-2H3;2H2,1H3,(H,4,5);2*1H. The third-order valence-electron chi connectivity index (χ3n) is 5.86. The van der Waals surface area contributed by atoms with Crippen LogP contribution in [0.2, 0.25) is 0 Å². The molecule has 2 N–H and O–H groups in total. The number of piperazine rings is 1. The van der Waals surface area contributed by atoms with E-state index in [1.54, 1.807) is 6.92 Å². The third kappa shape index (κ3) is 9.88. The monoisotopic (exact) mass is 484 g/mol. The molecular weight excluding hydrogens is 447 g/mol. The van der Waals surface area contributed by atoms with Crippen molar-refractivity contribution in [1.82, 2.24) is 9.80 Å². The molecule has 0 aliphatic carbocycles. The molecule has 3 rings (SSSR count). The van der Waals surface area contributed by atoms with Crippen LogP contribution in [0.4, 0.5) is 0 Å². The Morgan fingerprint density at radius 3 is 1.91 bits per heavy atom. The normalized spacial score (nSPS) is 16.9. The summed E-state index contributed by atoms with van der Waals surface area (Å²) in [4.78, 5) is 14.2. The molecule has 1 aliphatic rings. The number of benzene rings is 2. The summed E-state index contributed by atoms with van der Waals surface area (Å²) < 4.78 is 0. The van der Waals surface area contributed by atoms with Gasteiger partial charge in [0.1, 0.15) is 0 Å². The van der Waals surface area contributed by atoms with Gasteiger partial charge in [0.2, 0.25) is 0 Å². The van der Waals surface area contributed by atoms with Crippen molar-refractivity contribution >= 4 is 30.8 Å². The second-order valence-electron chi connectivity index (χ2n) is 8.25. The highest BCUT2D eigenvalue weighted by Gasteiger charge is 2.35. The molecule has 0 spiro atoms. The first kappa shape index (κ1) is 30.4. The average Bonchev–Trinajstić information content (AvgIpc) is 2.76. The Bertz CT molecular complexity index is 752. The number of rotatable bonds is 7. The molecule has 2 unspecified atom stereocenters. The first-order valence-electron chi connectivity index (χ1n) is 10.8. The molecule has 0 aromatic heterocycles. The van der Waals surface area contributed by atoms with E-state index in [0.717, 1.165) is 44.7 Å². The minimum atomic E-state index is -0.847. The molecule has 2 aromatic carbocycles. The molecule has 1 saturated heterocycles. The van der Waals surface area contributed by atoms with Gasteiger partial charge in [0, 0.05) is 45.1 Å². The van der Waals surface area contributed by atoms with Crippen LogP contribution >= 0.6 is 24.8 Å². The maximum atomic E-state index is 11.5. The van der Waals surface area contributed by atoms with E-state index < -0.39 is 11.6 Å². The lowest BCUT2D eigenvalue weighted by molar-refractivity contribution is -0.136. The smallest absolute Gasteiger partial charge is 0.303 e. The number of likely N-dealkylation sites (N-methyl/N-ethyl adjacent to an activating group) is 1. The molecule has 180 valence electrons. The molecule has 2 atom stereocenters. The van der Waals surface area contributed by atoms with E-state index in [2.05, 4.69) is 41.1 Å². The lowest BCUT2D eigenvalue weighted by Gasteiger charge is -2.40. The van der Waals surface area contributed by atoms with E-state index in [9.17, 15) is 9.90 Å². The maximum absolute atomic E-state index is 11.5. The van der Waals surface area contributed by atoms with E-state index >= 15 is 0 Å². The summed E-state index contributed by atoms with van der Waals surface area (Å²) in [7, 11) is 2.18. The molecule has 0 saturated carbocycles. The van der Waals surface area contributed by atoms with E-state index in [-0.39, 0.29) is 37.2 Å². The van der Waals surface area contributed by atoms with Gasteiger partial charge in [-0.25, -0.2) is 0 Å². The number of halogens is 2. The zero-order valence-corrected chi connectivity index (χ0v) is 20.9. The second kappa shape index (κ2) is 15.3. The summed E-state index contributed by atoms with van der Waals surface area (Å²) in [6, 6.07) is 20.7. The van der Waals surface area contributed by atoms with Crippen molar-refractivity contribution in [3.63, 3.8) is 0 Å². The minimum absolute atomic E-state index is 0. The van der Waals surface area contributed by atoms with E-state index in [0.29, 0.717) is 0 Å². The number of aliphatic carboxylic acids is 1. The molecule has 1 aliphatic heterocycles. The van der Waals surface area contributed by atoms with E-state index in [4.69, 9.17) is 5.11 Å². The maximum Gasteiger partial charge on any atom is 0.303 e. The van der Waals surface area contributed by atoms with Crippen molar-refractivity contribution in [1.29, 1.82) is 0 Å². The number of carboxylic acids is 1.